The van der Waals surface area contributed by atoms with Crippen LogP contribution in [0.25, 0.3) is 0 Å². The van der Waals surface area contributed by atoms with E-state index in [1.807, 2.05) is 13.8 Å². The first-order valence-electron chi connectivity index (χ1n) is 5.61. The largest absolute Gasteiger partial charge is 0.493 e. The van der Waals surface area contributed by atoms with Crippen LogP contribution in [0.1, 0.15) is 19.4 Å². The second-order valence-electron chi connectivity index (χ2n) is 4.71. The summed E-state index contributed by atoms with van der Waals surface area (Å²) in [5, 5.41) is 0.554. The molecule has 1 heterocycles. The second-order valence-corrected chi connectivity index (χ2v) is 5.14. The molecule has 1 aliphatic rings. The molecule has 4 nitrogen and oxygen atoms in total. The minimum Gasteiger partial charge on any atom is -0.493 e. The van der Waals surface area contributed by atoms with Gasteiger partial charge in [0.2, 0.25) is 5.90 Å². The zero-order chi connectivity index (χ0) is 13.3. The average molecular weight is 270 g/mol. The van der Waals surface area contributed by atoms with Crippen LogP contribution in [-0.4, -0.2) is 32.3 Å². The molecule has 0 saturated carbocycles. The van der Waals surface area contributed by atoms with Crippen LogP contribution in [0.4, 0.5) is 0 Å². The van der Waals surface area contributed by atoms with Gasteiger partial charge in [-0.1, -0.05) is 11.6 Å². The molecule has 0 unspecified atom stereocenters. The van der Waals surface area contributed by atoms with E-state index in [9.17, 15) is 0 Å². The van der Waals surface area contributed by atoms with E-state index in [4.69, 9.17) is 25.8 Å². The highest BCUT2D eigenvalue weighted by atomic mass is 35.5. The van der Waals surface area contributed by atoms with Gasteiger partial charge in [0.25, 0.3) is 0 Å². The van der Waals surface area contributed by atoms with Gasteiger partial charge >= 0.3 is 0 Å². The van der Waals surface area contributed by atoms with Gasteiger partial charge in [-0.05, 0) is 19.9 Å². The van der Waals surface area contributed by atoms with Crippen molar-refractivity contribution in [1.82, 2.24) is 0 Å². The summed E-state index contributed by atoms with van der Waals surface area (Å²) in [6, 6.07) is 3.47. The molecule has 0 bridgehead atoms. The topological polar surface area (TPSA) is 40.0 Å². The van der Waals surface area contributed by atoms with Crippen LogP contribution in [0.2, 0.25) is 5.02 Å². The fourth-order valence-electron chi connectivity index (χ4n) is 1.81. The molecule has 98 valence electrons. The van der Waals surface area contributed by atoms with Crippen molar-refractivity contribution < 1.29 is 14.2 Å². The molecule has 0 fully saturated rings. The van der Waals surface area contributed by atoms with Crippen molar-refractivity contribution in [3.05, 3.63) is 22.7 Å². The van der Waals surface area contributed by atoms with Crippen LogP contribution in [0.15, 0.2) is 17.1 Å². The van der Waals surface area contributed by atoms with Gasteiger partial charge < -0.3 is 14.2 Å². The van der Waals surface area contributed by atoms with Gasteiger partial charge in [0.05, 0.1) is 25.3 Å². The number of ether oxygens (including phenoxy) is 3. The first-order valence-corrected chi connectivity index (χ1v) is 5.99. The minimum atomic E-state index is -0.226. The predicted molar refractivity (Wildman–Crippen MR) is 71.1 cm³/mol. The highest BCUT2D eigenvalue weighted by molar-refractivity contribution is 6.31. The summed E-state index contributed by atoms with van der Waals surface area (Å²) < 4.78 is 16.2. The van der Waals surface area contributed by atoms with Gasteiger partial charge in [0, 0.05) is 11.1 Å². The number of halogens is 1. The van der Waals surface area contributed by atoms with Crippen LogP contribution in [0.3, 0.4) is 0 Å². The molecule has 1 aromatic rings. The number of methoxy groups -OCH3 is 2. The third-order valence-corrected chi connectivity index (χ3v) is 2.86. The van der Waals surface area contributed by atoms with E-state index in [-0.39, 0.29) is 5.54 Å². The summed E-state index contributed by atoms with van der Waals surface area (Å²) in [7, 11) is 3.15. The van der Waals surface area contributed by atoms with Crippen molar-refractivity contribution >= 4 is 17.5 Å². The number of rotatable bonds is 3. The van der Waals surface area contributed by atoms with E-state index in [2.05, 4.69) is 4.99 Å². The average Bonchev–Trinajstić information content (AvgIpc) is 2.68. The summed E-state index contributed by atoms with van der Waals surface area (Å²) in [5.74, 6) is 1.69. The Balaban J connectivity index is 2.54. The molecule has 0 amide bonds. The predicted octanol–water partition coefficient (Wildman–Crippen LogP) is 2.91. The number of hydrogen-bond acceptors (Lipinski definition) is 4. The number of nitrogens with zero attached hydrogens (tertiary/aromatic N) is 1. The Kier molecular flexibility index (Phi) is 3.39. The number of aliphatic imine (C=N–C) groups is 1. The lowest BCUT2D eigenvalue weighted by Crippen LogP contribution is -2.17. The van der Waals surface area contributed by atoms with E-state index >= 15 is 0 Å². The summed E-state index contributed by atoms with van der Waals surface area (Å²) in [6.07, 6.45) is 0. The Labute approximate surface area is 112 Å². The summed E-state index contributed by atoms with van der Waals surface area (Å²) in [4.78, 5) is 4.52. The van der Waals surface area contributed by atoms with Gasteiger partial charge in [-0.25, -0.2) is 4.99 Å². The zero-order valence-electron chi connectivity index (χ0n) is 10.9. The Morgan fingerprint density at radius 1 is 1.28 bits per heavy atom. The van der Waals surface area contributed by atoms with E-state index in [0.717, 1.165) is 0 Å². The first-order chi connectivity index (χ1) is 8.46. The second kappa shape index (κ2) is 4.69. The van der Waals surface area contributed by atoms with Crippen molar-refractivity contribution in [3.8, 4) is 11.5 Å². The van der Waals surface area contributed by atoms with E-state index < -0.39 is 0 Å². The fraction of sp³-hybridized carbons (Fsp3) is 0.462. The van der Waals surface area contributed by atoms with Crippen LogP contribution >= 0.6 is 11.6 Å². The van der Waals surface area contributed by atoms with E-state index in [1.54, 1.807) is 26.4 Å². The number of hydrogen-bond donors (Lipinski definition) is 0. The molecule has 0 N–H and O–H groups in total. The highest BCUT2D eigenvalue weighted by Crippen LogP contribution is 2.36. The van der Waals surface area contributed by atoms with E-state index in [0.29, 0.717) is 34.6 Å². The van der Waals surface area contributed by atoms with Gasteiger partial charge in [-0.15, -0.1) is 0 Å². The van der Waals surface area contributed by atoms with Crippen molar-refractivity contribution in [2.24, 2.45) is 4.99 Å². The highest BCUT2D eigenvalue weighted by Gasteiger charge is 2.29. The molecule has 0 radical (unpaired) electrons. The van der Waals surface area contributed by atoms with Gasteiger partial charge in [0.1, 0.15) is 6.61 Å². The van der Waals surface area contributed by atoms with Gasteiger partial charge in [-0.3, -0.25) is 0 Å². The SMILES string of the molecule is COc1cc(Cl)cc(C2=NC(C)(C)CO2)c1OC. The summed E-state index contributed by atoms with van der Waals surface area (Å²) >= 11 is 6.06. The van der Waals surface area contributed by atoms with Crippen molar-refractivity contribution in [3.63, 3.8) is 0 Å². The van der Waals surface area contributed by atoms with Crippen LogP contribution in [0.5, 0.6) is 11.5 Å². The Morgan fingerprint density at radius 3 is 2.50 bits per heavy atom. The Morgan fingerprint density at radius 2 is 2.00 bits per heavy atom. The molecular weight excluding hydrogens is 254 g/mol. The lowest BCUT2D eigenvalue weighted by Gasteiger charge is -2.12. The lowest BCUT2D eigenvalue weighted by atomic mass is 10.1. The molecule has 0 aliphatic carbocycles. The lowest BCUT2D eigenvalue weighted by molar-refractivity contribution is 0.278. The molecule has 5 heteroatoms. The maximum atomic E-state index is 6.06. The molecule has 1 aromatic carbocycles. The Bertz CT molecular complexity index is 497. The van der Waals surface area contributed by atoms with Gasteiger partial charge in [0.15, 0.2) is 11.5 Å². The minimum absolute atomic E-state index is 0.226. The first kappa shape index (κ1) is 13.0. The maximum absolute atomic E-state index is 6.06. The zero-order valence-corrected chi connectivity index (χ0v) is 11.7. The fourth-order valence-corrected chi connectivity index (χ4v) is 2.02. The smallest absolute Gasteiger partial charge is 0.220 e. The molecule has 2 rings (SSSR count). The van der Waals surface area contributed by atoms with Crippen molar-refractivity contribution in [2.75, 3.05) is 20.8 Å². The summed E-state index contributed by atoms with van der Waals surface area (Å²) in [5.41, 5.74) is 0.489. The third-order valence-electron chi connectivity index (χ3n) is 2.64. The van der Waals surface area contributed by atoms with Crippen molar-refractivity contribution in [1.29, 1.82) is 0 Å². The third kappa shape index (κ3) is 2.38. The monoisotopic (exact) mass is 269 g/mol. The van der Waals surface area contributed by atoms with Crippen molar-refractivity contribution in [2.45, 2.75) is 19.4 Å². The molecule has 0 spiro atoms. The van der Waals surface area contributed by atoms with Crippen LogP contribution < -0.4 is 9.47 Å². The Hall–Kier alpha value is -1.42. The quantitative estimate of drug-likeness (QED) is 0.847. The molecular formula is C13H16ClNO3. The number of benzene rings is 1. The summed E-state index contributed by atoms with van der Waals surface area (Å²) in [6.45, 7) is 4.56. The molecule has 1 aliphatic heterocycles. The molecule has 0 atom stereocenters. The molecule has 18 heavy (non-hydrogen) atoms. The van der Waals surface area contributed by atoms with Gasteiger partial charge in [-0.2, -0.15) is 0 Å². The normalized spacial score (nSPS) is 17.1. The van der Waals surface area contributed by atoms with E-state index in [1.165, 1.54) is 0 Å². The standard InChI is InChI=1S/C13H16ClNO3/c1-13(2)7-18-12(15-13)9-5-8(14)6-10(16-3)11(9)17-4/h5-6H,7H2,1-4H3. The molecule has 0 aromatic heterocycles. The van der Waals surface area contributed by atoms with Crippen LogP contribution in [-0.2, 0) is 4.74 Å². The maximum Gasteiger partial charge on any atom is 0.220 e. The van der Waals surface area contributed by atoms with Crippen LogP contribution in [0, 0.1) is 0 Å². The molecule has 0 saturated heterocycles.